The molecule has 4 rings (SSSR count). The van der Waals surface area contributed by atoms with Crippen molar-refractivity contribution in [2.45, 2.75) is 32.6 Å². The molecule has 0 fully saturated rings. The Kier molecular flexibility index (Phi) is 3.58. The van der Waals surface area contributed by atoms with E-state index in [4.69, 9.17) is 0 Å². The Morgan fingerprint density at radius 2 is 1.96 bits per heavy atom. The predicted octanol–water partition coefficient (Wildman–Crippen LogP) is 4.13. The number of hydrogen-bond acceptors (Lipinski definition) is 4. The van der Waals surface area contributed by atoms with Crippen molar-refractivity contribution in [2.24, 2.45) is 0 Å². The zero-order valence-corrected chi connectivity index (χ0v) is 13.7. The van der Waals surface area contributed by atoms with Gasteiger partial charge in [0.2, 0.25) is 0 Å². The molecule has 0 aliphatic heterocycles. The van der Waals surface area contributed by atoms with Crippen molar-refractivity contribution in [1.82, 2.24) is 9.97 Å². The van der Waals surface area contributed by atoms with E-state index < -0.39 is 0 Å². The van der Waals surface area contributed by atoms with Crippen molar-refractivity contribution in [3.05, 3.63) is 52.2 Å². The highest BCUT2D eigenvalue weighted by atomic mass is 32.1. The number of rotatable bonds is 2. The summed E-state index contributed by atoms with van der Waals surface area (Å²) in [5.41, 5.74) is 3.56. The summed E-state index contributed by atoms with van der Waals surface area (Å²) in [6, 6.07) is 9.60. The fraction of sp³-hybridized carbons (Fsp3) is 0.278. The Hall–Kier alpha value is -2.27. The number of pyridine rings is 1. The van der Waals surface area contributed by atoms with Gasteiger partial charge in [-0.3, -0.25) is 15.1 Å². The lowest BCUT2D eigenvalue weighted by Crippen LogP contribution is -2.11. The maximum atomic E-state index is 12.5. The lowest BCUT2D eigenvalue weighted by Gasteiger charge is -2.06. The topological polar surface area (TPSA) is 54.9 Å². The molecule has 1 aliphatic carbocycles. The summed E-state index contributed by atoms with van der Waals surface area (Å²) in [6.07, 6.45) is 4.53. The minimum absolute atomic E-state index is 0.124. The zero-order chi connectivity index (χ0) is 15.8. The molecule has 2 aromatic heterocycles. The van der Waals surface area contributed by atoms with Crippen molar-refractivity contribution in [3.63, 3.8) is 0 Å². The zero-order valence-electron chi connectivity index (χ0n) is 12.9. The Bertz CT molecular complexity index is 877. The highest BCUT2D eigenvalue weighted by molar-refractivity contribution is 7.15. The molecule has 0 radical (unpaired) electrons. The van der Waals surface area contributed by atoms with Gasteiger partial charge in [-0.05, 0) is 50.8 Å². The first-order chi connectivity index (χ1) is 11.2. The first-order valence-electron chi connectivity index (χ1n) is 7.86. The van der Waals surface area contributed by atoms with Gasteiger partial charge >= 0.3 is 0 Å². The fourth-order valence-corrected chi connectivity index (χ4v) is 3.98. The third-order valence-corrected chi connectivity index (χ3v) is 5.23. The van der Waals surface area contributed by atoms with Crippen LogP contribution in [0.1, 0.15) is 39.5 Å². The van der Waals surface area contributed by atoms with E-state index in [-0.39, 0.29) is 5.91 Å². The number of nitrogens with one attached hydrogen (secondary N) is 1. The van der Waals surface area contributed by atoms with Gasteiger partial charge in [-0.2, -0.15) is 0 Å². The first-order valence-corrected chi connectivity index (χ1v) is 8.68. The average Bonchev–Trinajstić information content (AvgIpc) is 2.96. The molecule has 5 heteroatoms. The largest absolute Gasteiger partial charge is 0.298 e. The third-order valence-electron chi connectivity index (χ3n) is 4.16. The number of anilines is 1. The van der Waals surface area contributed by atoms with Crippen molar-refractivity contribution in [2.75, 3.05) is 5.32 Å². The van der Waals surface area contributed by atoms with Gasteiger partial charge < -0.3 is 0 Å². The Morgan fingerprint density at radius 1 is 1.13 bits per heavy atom. The normalized spacial score (nSPS) is 13.8. The average molecular weight is 323 g/mol. The van der Waals surface area contributed by atoms with Gasteiger partial charge in [-0.25, -0.2) is 4.98 Å². The standard InChI is InChI=1S/C18H17N3OS/c1-11-6-7-12-8-9-13(10-15(12)19-11)17(22)21-18-20-14-4-2-3-5-16(14)23-18/h6-10H,2-5H2,1H3,(H,20,21,22). The molecule has 4 nitrogen and oxygen atoms in total. The predicted molar refractivity (Wildman–Crippen MR) is 93.2 cm³/mol. The molecule has 0 atom stereocenters. The molecule has 1 N–H and O–H groups in total. The van der Waals surface area contributed by atoms with Crippen LogP contribution in [-0.2, 0) is 12.8 Å². The van der Waals surface area contributed by atoms with Crippen LogP contribution in [0, 0.1) is 6.92 Å². The van der Waals surface area contributed by atoms with Gasteiger partial charge in [0.05, 0.1) is 11.2 Å². The van der Waals surface area contributed by atoms with Crippen molar-refractivity contribution in [3.8, 4) is 0 Å². The van der Waals surface area contributed by atoms with Gasteiger partial charge in [0.25, 0.3) is 5.91 Å². The van der Waals surface area contributed by atoms with E-state index >= 15 is 0 Å². The number of nitrogens with zero attached hydrogens (tertiary/aromatic N) is 2. The maximum Gasteiger partial charge on any atom is 0.257 e. The quantitative estimate of drug-likeness (QED) is 0.771. The number of fused-ring (bicyclic) bond motifs is 2. The Balaban J connectivity index is 1.60. The molecule has 116 valence electrons. The maximum absolute atomic E-state index is 12.5. The summed E-state index contributed by atoms with van der Waals surface area (Å²) >= 11 is 1.61. The van der Waals surface area contributed by atoms with Crippen LogP contribution in [-0.4, -0.2) is 15.9 Å². The molecular formula is C18H17N3OS. The molecule has 1 aliphatic rings. The number of carbonyl (C=O) groups excluding carboxylic acids is 1. The summed E-state index contributed by atoms with van der Waals surface area (Å²) in [5.74, 6) is -0.124. The third kappa shape index (κ3) is 2.84. The number of amides is 1. The lowest BCUT2D eigenvalue weighted by molar-refractivity contribution is 0.102. The van der Waals surface area contributed by atoms with E-state index in [0.717, 1.165) is 35.1 Å². The van der Waals surface area contributed by atoms with Gasteiger partial charge in [-0.15, -0.1) is 11.3 Å². The monoisotopic (exact) mass is 323 g/mol. The lowest BCUT2D eigenvalue weighted by atomic mass is 10.0. The van der Waals surface area contributed by atoms with Crippen LogP contribution < -0.4 is 5.32 Å². The van der Waals surface area contributed by atoms with Gasteiger partial charge in [0.1, 0.15) is 0 Å². The number of carbonyl (C=O) groups is 1. The van der Waals surface area contributed by atoms with Crippen molar-refractivity contribution < 1.29 is 4.79 Å². The summed E-state index contributed by atoms with van der Waals surface area (Å²) in [4.78, 5) is 22.9. The van der Waals surface area contributed by atoms with Crippen LogP contribution in [0.5, 0.6) is 0 Å². The first kappa shape index (κ1) is 14.3. The highest BCUT2D eigenvalue weighted by Gasteiger charge is 2.17. The van der Waals surface area contributed by atoms with Gasteiger partial charge in [-0.1, -0.05) is 12.1 Å². The second-order valence-electron chi connectivity index (χ2n) is 5.91. The van der Waals surface area contributed by atoms with E-state index in [1.165, 1.54) is 17.7 Å². The fourth-order valence-electron chi connectivity index (χ4n) is 2.94. The molecule has 1 aromatic carbocycles. The second-order valence-corrected chi connectivity index (χ2v) is 6.99. The van der Waals surface area contributed by atoms with Crippen LogP contribution in [0.2, 0.25) is 0 Å². The van der Waals surface area contributed by atoms with Crippen LogP contribution >= 0.6 is 11.3 Å². The molecule has 0 unspecified atom stereocenters. The van der Waals surface area contributed by atoms with E-state index in [1.54, 1.807) is 11.3 Å². The van der Waals surface area contributed by atoms with Crippen LogP contribution in [0.3, 0.4) is 0 Å². The molecule has 2 heterocycles. The molecule has 3 aromatic rings. The Morgan fingerprint density at radius 3 is 2.83 bits per heavy atom. The summed E-state index contributed by atoms with van der Waals surface area (Å²) in [6.45, 7) is 1.95. The Labute approximate surface area is 138 Å². The summed E-state index contributed by atoms with van der Waals surface area (Å²) in [5, 5.41) is 4.68. The molecule has 1 amide bonds. The minimum atomic E-state index is -0.124. The highest BCUT2D eigenvalue weighted by Crippen LogP contribution is 2.29. The summed E-state index contributed by atoms with van der Waals surface area (Å²) < 4.78 is 0. The number of benzene rings is 1. The van der Waals surface area contributed by atoms with Crippen LogP contribution in [0.4, 0.5) is 5.13 Å². The van der Waals surface area contributed by atoms with E-state index in [2.05, 4.69) is 15.3 Å². The van der Waals surface area contributed by atoms with Crippen molar-refractivity contribution in [1.29, 1.82) is 0 Å². The van der Waals surface area contributed by atoms with E-state index in [1.807, 2.05) is 37.3 Å². The summed E-state index contributed by atoms with van der Waals surface area (Å²) in [7, 11) is 0. The van der Waals surface area contributed by atoms with Crippen molar-refractivity contribution >= 4 is 33.3 Å². The number of aromatic nitrogens is 2. The number of hydrogen-bond donors (Lipinski definition) is 1. The molecule has 23 heavy (non-hydrogen) atoms. The van der Waals surface area contributed by atoms with Gasteiger partial charge in [0, 0.05) is 21.5 Å². The number of thiazole rings is 1. The SMILES string of the molecule is Cc1ccc2ccc(C(=O)Nc3nc4c(s3)CCCC4)cc2n1. The molecule has 0 saturated heterocycles. The number of aryl methyl sites for hydroxylation is 3. The molecular weight excluding hydrogens is 306 g/mol. The minimum Gasteiger partial charge on any atom is -0.298 e. The van der Waals surface area contributed by atoms with Crippen LogP contribution in [0.25, 0.3) is 10.9 Å². The van der Waals surface area contributed by atoms with E-state index in [0.29, 0.717) is 10.7 Å². The molecule has 0 saturated carbocycles. The molecule has 0 spiro atoms. The smallest absolute Gasteiger partial charge is 0.257 e. The van der Waals surface area contributed by atoms with Crippen LogP contribution in [0.15, 0.2) is 30.3 Å². The van der Waals surface area contributed by atoms with Gasteiger partial charge in [0.15, 0.2) is 5.13 Å². The molecule has 0 bridgehead atoms. The van der Waals surface area contributed by atoms with E-state index in [9.17, 15) is 4.79 Å². The second kappa shape index (κ2) is 5.74.